The molecule has 0 radical (unpaired) electrons. The van der Waals surface area contributed by atoms with Crippen LogP contribution < -0.4 is 11.1 Å². The van der Waals surface area contributed by atoms with Crippen molar-refractivity contribution in [3.8, 4) is 0 Å². The lowest BCUT2D eigenvalue weighted by molar-refractivity contribution is -0.119. The van der Waals surface area contributed by atoms with Crippen LogP contribution in [-0.4, -0.2) is 18.0 Å². The van der Waals surface area contributed by atoms with E-state index in [0.29, 0.717) is 13.0 Å². The van der Waals surface area contributed by atoms with Gasteiger partial charge in [0, 0.05) is 18.5 Å². The molecule has 0 aliphatic rings. The average molecular weight is 232 g/mol. The Bertz CT molecular complexity index is 396. The van der Waals surface area contributed by atoms with E-state index in [4.69, 9.17) is 5.73 Å². The quantitative estimate of drug-likeness (QED) is 0.787. The lowest BCUT2D eigenvalue weighted by atomic mass is 9.99. The summed E-state index contributed by atoms with van der Waals surface area (Å²) in [6, 6.07) is 9.97. The molecule has 0 unspecified atom stereocenters. The minimum absolute atomic E-state index is 0.298. The predicted octanol–water partition coefficient (Wildman–Crippen LogP) is 1.94. The highest BCUT2D eigenvalue weighted by atomic mass is 16.1. The maximum atomic E-state index is 10.9. The molecule has 3 nitrogen and oxygen atoms in total. The van der Waals surface area contributed by atoms with Gasteiger partial charge in [0.05, 0.1) is 0 Å². The van der Waals surface area contributed by atoms with Crippen LogP contribution in [0.25, 0.3) is 5.57 Å². The SMILES string of the molecule is C=C(CNC(C)(C)CC(N)=O)c1ccccc1. The molecule has 3 heteroatoms. The maximum Gasteiger partial charge on any atom is 0.219 e. The van der Waals surface area contributed by atoms with E-state index in [2.05, 4.69) is 11.9 Å². The summed E-state index contributed by atoms with van der Waals surface area (Å²) in [6.07, 6.45) is 0.315. The molecule has 0 heterocycles. The molecular weight excluding hydrogens is 212 g/mol. The van der Waals surface area contributed by atoms with Crippen molar-refractivity contribution in [3.63, 3.8) is 0 Å². The monoisotopic (exact) mass is 232 g/mol. The van der Waals surface area contributed by atoms with Crippen molar-refractivity contribution in [3.05, 3.63) is 42.5 Å². The second-order valence-electron chi connectivity index (χ2n) is 4.85. The molecule has 3 N–H and O–H groups in total. The van der Waals surface area contributed by atoms with Gasteiger partial charge in [0.15, 0.2) is 0 Å². The molecule has 0 saturated heterocycles. The fourth-order valence-corrected chi connectivity index (χ4v) is 1.62. The first-order valence-electron chi connectivity index (χ1n) is 5.67. The zero-order valence-electron chi connectivity index (χ0n) is 10.5. The Morgan fingerprint density at radius 1 is 1.35 bits per heavy atom. The van der Waals surface area contributed by atoms with Crippen LogP contribution in [0.4, 0.5) is 0 Å². The van der Waals surface area contributed by atoms with Gasteiger partial charge in [0.25, 0.3) is 0 Å². The summed E-state index contributed by atoms with van der Waals surface area (Å²) in [7, 11) is 0. The van der Waals surface area contributed by atoms with Gasteiger partial charge in [-0.05, 0) is 25.0 Å². The van der Waals surface area contributed by atoms with E-state index in [0.717, 1.165) is 11.1 Å². The van der Waals surface area contributed by atoms with Crippen LogP contribution in [0.15, 0.2) is 36.9 Å². The second kappa shape index (κ2) is 5.64. The molecule has 0 aliphatic heterocycles. The number of carbonyl (C=O) groups is 1. The fourth-order valence-electron chi connectivity index (χ4n) is 1.62. The molecular formula is C14H20N2O. The molecule has 1 aromatic carbocycles. The van der Waals surface area contributed by atoms with Gasteiger partial charge in [-0.2, -0.15) is 0 Å². The highest BCUT2D eigenvalue weighted by Gasteiger charge is 2.19. The molecule has 0 bridgehead atoms. The topological polar surface area (TPSA) is 55.1 Å². The van der Waals surface area contributed by atoms with Gasteiger partial charge in [0.2, 0.25) is 5.91 Å². The molecule has 1 rings (SSSR count). The van der Waals surface area contributed by atoms with Crippen molar-refractivity contribution in [2.45, 2.75) is 25.8 Å². The van der Waals surface area contributed by atoms with Crippen molar-refractivity contribution < 1.29 is 4.79 Å². The largest absolute Gasteiger partial charge is 0.370 e. The summed E-state index contributed by atoms with van der Waals surface area (Å²) >= 11 is 0. The van der Waals surface area contributed by atoms with Crippen LogP contribution in [0.1, 0.15) is 25.8 Å². The van der Waals surface area contributed by atoms with Crippen molar-refractivity contribution >= 4 is 11.5 Å². The second-order valence-corrected chi connectivity index (χ2v) is 4.85. The highest BCUT2D eigenvalue weighted by Crippen LogP contribution is 2.13. The van der Waals surface area contributed by atoms with Gasteiger partial charge < -0.3 is 11.1 Å². The van der Waals surface area contributed by atoms with E-state index < -0.39 is 0 Å². The van der Waals surface area contributed by atoms with Gasteiger partial charge in [-0.15, -0.1) is 0 Å². The average Bonchev–Trinajstić information content (AvgIpc) is 2.25. The number of hydrogen-bond acceptors (Lipinski definition) is 2. The van der Waals surface area contributed by atoms with Crippen LogP contribution in [0, 0.1) is 0 Å². The van der Waals surface area contributed by atoms with Gasteiger partial charge in [-0.25, -0.2) is 0 Å². The van der Waals surface area contributed by atoms with Crippen molar-refractivity contribution in [2.24, 2.45) is 5.73 Å². The zero-order chi connectivity index (χ0) is 12.9. The minimum Gasteiger partial charge on any atom is -0.370 e. The molecule has 0 atom stereocenters. The van der Waals surface area contributed by atoms with Gasteiger partial charge >= 0.3 is 0 Å². The molecule has 0 saturated carbocycles. The predicted molar refractivity (Wildman–Crippen MR) is 71.4 cm³/mol. The van der Waals surface area contributed by atoms with Gasteiger partial charge in [0.1, 0.15) is 0 Å². The van der Waals surface area contributed by atoms with E-state index in [1.54, 1.807) is 0 Å². The molecule has 92 valence electrons. The number of amides is 1. The zero-order valence-corrected chi connectivity index (χ0v) is 10.5. The number of hydrogen-bond donors (Lipinski definition) is 2. The first-order valence-corrected chi connectivity index (χ1v) is 5.67. The molecule has 1 aromatic rings. The third kappa shape index (κ3) is 4.83. The van der Waals surface area contributed by atoms with Crippen LogP contribution >= 0.6 is 0 Å². The first kappa shape index (κ1) is 13.5. The standard InChI is InChI=1S/C14H20N2O/c1-11(12-7-5-4-6-8-12)10-16-14(2,3)9-13(15)17/h4-8,16H,1,9-10H2,2-3H3,(H2,15,17). The van der Waals surface area contributed by atoms with Gasteiger partial charge in [-0.1, -0.05) is 36.9 Å². The number of nitrogens with two attached hydrogens (primary N) is 1. The fraction of sp³-hybridized carbons (Fsp3) is 0.357. The molecule has 0 aliphatic carbocycles. The molecule has 0 fully saturated rings. The van der Waals surface area contributed by atoms with Crippen molar-refractivity contribution in [2.75, 3.05) is 6.54 Å². The van der Waals surface area contributed by atoms with Crippen molar-refractivity contribution in [1.29, 1.82) is 0 Å². The molecule has 0 spiro atoms. The Labute approximate surface area is 103 Å². The Morgan fingerprint density at radius 2 is 1.94 bits per heavy atom. The van der Waals surface area contributed by atoms with E-state index in [1.165, 1.54) is 0 Å². The van der Waals surface area contributed by atoms with E-state index >= 15 is 0 Å². The number of benzene rings is 1. The Kier molecular flexibility index (Phi) is 4.46. The summed E-state index contributed by atoms with van der Waals surface area (Å²) < 4.78 is 0. The number of nitrogens with one attached hydrogen (secondary N) is 1. The molecule has 1 amide bonds. The summed E-state index contributed by atoms with van der Waals surface area (Å²) in [5.41, 5.74) is 7.00. The summed E-state index contributed by atoms with van der Waals surface area (Å²) in [5, 5.41) is 3.29. The molecule has 0 aromatic heterocycles. The van der Waals surface area contributed by atoms with Crippen LogP contribution in [-0.2, 0) is 4.79 Å². The van der Waals surface area contributed by atoms with Crippen LogP contribution in [0.2, 0.25) is 0 Å². The van der Waals surface area contributed by atoms with E-state index in [1.807, 2.05) is 44.2 Å². The lowest BCUT2D eigenvalue weighted by Gasteiger charge is -2.25. The summed E-state index contributed by atoms with van der Waals surface area (Å²) in [5.74, 6) is -0.298. The molecule has 17 heavy (non-hydrogen) atoms. The number of primary amides is 1. The Hall–Kier alpha value is -1.61. The summed E-state index contributed by atoms with van der Waals surface area (Å²) in [4.78, 5) is 10.9. The lowest BCUT2D eigenvalue weighted by Crippen LogP contribution is -2.43. The third-order valence-corrected chi connectivity index (χ3v) is 2.58. The van der Waals surface area contributed by atoms with Gasteiger partial charge in [-0.3, -0.25) is 4.79 Å². The Balaban J connectivity index is 2.51. The maximum absolute atomic E-state index is 10.9. The van der Waals surface area contributed by atoms with E-state index in [9.17, 15) is 4.79 Å². The van der Waals surface area contributed by atoms with Crippen LogP contribution in [0.5, 0.6) is 0 Å². The third-order valence-electron chi connectivity index (χ3n) is 2.58. The minimum atomic E-state index is -0.302. The Morgan fingerprint density at radius 3 is 2.47 bits per heavy atom. The summed E-state index contributed by atoms with van der Waals surface area (Å²) in [6.45, 7) is 8.58. The first-order chi connectivity index (χ1) is 7.91. The number of carbonyl (C=O) groups excluding carboxylic acids is 1. The van der Waals surface area contributed by atoms with Crippen LogP contribution in [0.3, 0.4) is 0 Å². The highest BCUT2D eigenvalue weighted by molar-refractivity contribution is 5.75. The van der Waals surface area contributed by atoms with E-state index in [-0.39, 0.29) is 11.4 Å². The van der Waals surface area contributed by atoms with Crippen molar-refractivity contribution in [1.82, 2.24) is 5.32 Å². The smallest absolute Gasteiger partial charge is 0.219 e. The normalized spacial score (nSPS) is 11.2. The number of rotatable bonds is 6.